The Morgan fingerprint density at radius 3 is 2.55 bits per heavy atom. The van der Waals surface area contributed by atoms with Crippen LogP contribution in [0.1, 0.15) is 15.9 Å². The molecule has 2 rings (SSSR count). The SMILES string of the molecule is O=C(O)c1ccc(CNc2ccc(F)cc2I)cc1F. The first-order chi connectivity index (χ1) is 9.47. The number of carboxylic acids is 1. The molecule has 104 valence electrons. The third kappa shape index (κ3) is 3.44. The molecular formula is C14H10F2INO2. The van der Waals surface area contributed by atoms with Crippen LogP contribution >= 0.6 is 22.6 Å². The fourth-order valence-corrected chi connectivity index (χ4v) is 2.34. The summed E-state index contributed by atoms with van der Waals surface area (Å²) in [7, 11) is 0. The van der Waals surface area contributed by atoms with Crippen molar-refractivity contribution in [3.05, 3.63) is 62.7 Å². The van der Waals surface area contributed by atoms with E-state index in [1.165, 1.54) is 30.3 Å². The van der Waals surface area contributed by atoms with E-state index in [1.807, 2.05) is 22.6 Å². The zero-order valence-electron chi connectivity index (χ0n) is 10.2. The van der Waals surface area contributed by atoms with Gasteiger partial charge < -0.3 is 10.4 Å². The lowest BCUT2D eigenvalue weighted by molar-refractivity contribution is 0.0692. The molecule has 0 heterocycles. The van der Waals surface area contributed by atoms with Crippen molar-refractivity contribution in [3.63, 3.8) is 0 Å². The third-order valence-corrected chi connectivity index (χ3v) is 3.57. The van der Waals surface area contributed by atoms with Crippen molar-refractivity contribution in [1.29, 1.82) is 0 Å². The van der Waals surface area contributed by atoms with E-state index < -0.39 is 11.8 Å². The summed E-state index contributed by atoms with van der Waals surface area (Å²) < 4.78 is 27.2. The molecule has 0 saturated carbocycles. The molecule has 20 heavy (non-hydrogen) atoms. The lowest BCUT2D eigenvalue weighted by Gasteiger charge is -2.09. The minimum Gasteiger partial charge on any atom is -0.478 e. The van der Waals surface area contributed by atoms with Gasteiger partial charge in [0.2, 0.25) is 0 Å². The summed E-state index contributed by atoms with van der Waals surface area (Å²) in [5.41, 5.74) is 0.979. The number of carboxylic acid groups (broad SMARTS) is 1. The Balaban J connectivity index is 2.11. The van der Waals surface area contributed by atoms with Crippen molar-refractivity contribution < 1.29 is 18.7 Å². The van der Waals surface area contributed by atoms with Gasteiger partial charge in [-0.25, -0.2) is 13.6 Å². The Morgan fingerprint density at radius 1 is 1.20 bits per heavy atom. The molecule has 0 spiro atoms. The first-order valence-corrected chi connectivity index (χ1v) is 6.76. The number of hydrogen-bond acceptors (Lipinski definition) is 2. The Hall–Kier alpha value is -1.70. The number of aromatic carboxylic acids is 1. The molecule has 0 unspecified atom stereocenters. The molecule has 0 radical (unpaired) electrons. The van der Waals surface area contributed by atoms with Crippen LogP contribution in [0, 0.1) is 15.2 Å². The van der Waals surface area contributed by atoms with Crippen LogP contribution < -0.4 is 5.32 Å². The predicted octanol–water partition coefficient (Wildman–Crippen LogP) is 3.88. The molecule has 0 fully saturated rings. The van der Waals surface area contributed by atoms with Crippen molar-refractivity contribution in [1.82, 2.24) is 0 Å². The van der Waals surface area contributed by atoms with Gasteiger partial charge in [0.05, 0.1) is 5.56 Å². The fraction of sp³-hybridized carbons (Fsp3) is 0.0714. The number of halogens is 3. The molecule has 2 N–H and O–H groups in total. The Labute approximate surface area is 127 Å². The molecule has 0 aromatic heterocycles. The maximum atomic E-state index is 13.5. The summed E-state index contributed by atoms with van der Waals surface area (Å²) in [4.78, 5) is 10.7. The third-order valence-electron chi connectivity index (χ3n) is 2.68. The van der Waals surface area contributed by atoms with Crippen molar-refractivity contribution >= 4 is 34.2 Å². The largest absolute Gasteiger partial charge is 0.478 e. The maximum absolute atomic E-state index is 13.5. The van der Waals surface area contributed by atoms with Crippen LogP contribution in [0.15, 0.2) is 36.4 Å². The van der Waals surface area contributed by atoms with Crippen molar-refractivity contribution in [2.24, 2.45) is 0 Å². The average Bonchev–Trinajstić information content (AvgIpc) is 2.37. The van der Waals surface area contributed by atoms with Crippen LogP contribution in [0.3, 0.4) is 0 Å². The first-order valence-electron chi connectivity index (χ1n) is 5.68. The Morgan fingerprint density at radius 2 is 1.95 bits per heavy atom. The Kier molecular flexibility index (Phi) is 4.53. The standard InChI is InChI=1S/C14H10F2INO2/c15-9-2-4-13(12(17)6-9)18-7-8-1-3-10(14(19)20)11(16)5-8/h1-6,18H,7H2,(H,19,20). The summed E-state index contributed by atoms with van der Waals surface area (Å²) in [6.07, 6.45) is 0. The van der Waals surface area contributed by atoms with E-state index in [2.05, 4.69) is 5.32 Å². The van der Waals surface area contributed by atoms with E-state index >= 15 is 0 Å². The van der Waals surface area contributed by atoms with Gasteiger partial charge in [-0.2, -0.15) is 0 Å². The molecule has 0 atom stereocenters. The van der Waals surface area contributed by atoms with Crippen molar-refractivity contribution in [2.75, 3.05) is 5.32 Å². The molecule has 0 aliphatic rings. The summed E-state index contributed by atoms with van der Waals surface area (Å²) >= 11 is 2.00. The van der Waals surface area contributed by atoms with Gasteiger partial charge in [0.25, 0.3) is 0 Å². The Bertz CT molecular complexity index is 662. The van der Waals surface area contributed by atoms with Crippen molar-refractivity contribution in [3.8, 4) is 0 Å². The zero-order chi connectivity index (χ0) is 14.7. The second-order valence-corrected chi connectivity index (χ2v) is 5.26. The van der Waals surface area contributed by atoms with E-state index in [0.29, 0.717) is 15.7 Å². The van der Waals surface area contributed by atoms with E-state index in [9.17, 15) is 13.6 Å². The van der Waals surface area contributed by atoms with Gasteiger partial charge in [-0.1, -0.05) is 6.07 Å². The van der Waals surface area contributed by atoms with Gasteiger partial charge in [-0.05, 0) is 58.5 Å². The fourth-order valence-electron chi connectivity index (χ4n) is 1.67. The molecule has 0 saturated heterocycles. The predicted molar refractivity (Wildman–Crippen MR) is 79.8 cm³/mol. The van der Waals surface area contributed by atoms with Crippen LogP contribution in [0.2, 0.25) is 0 Å². The molecule has 0 amide bonds. The molecule has 0 aliphatic heterocycles. The van der Waals surface area contributed by atoms with Gasteiger partial charge in [-0.15, -0.1) is 0 Å². The second kappa shape index (κ2) is 6.17. The normalized spacial score (nSPS) is 10.3. The first kappa shape index (κ1) is 14.7. The highest BCUT2D eigenvalue weighted by molar-refractivity contribution is 14.1. The number of anilines is 1. The second-order valence-electron chi connectivity index (χ2n) is 4.10. The number of hydrogen-bond donors (Lipinski definition) is 2. The summed E-state index contributed by atoms with van der Waals surface area (Å²) in [5.74, 6) is -2.39. The van der Waals surface area contributed by atoms with Crippen LogP contribution in [0.25, 0.3) is 0 Å². The smallest absolute Gasteiger partial charge is 0.338 e. The minimum atomic E-state index is -1.30. The highest BCUT2D eigenvalue weighted by Crippen LogP contribution is 2.20. The minimum absolute atomic E-state index is 0.318. The lowest BCUT2D eigenvalue weighted by atomic mass is 10.1. The van der Waals surface area contributed by atoms with Gasteiger partial charge in [0.1, 0.15) is 11.6 Å². The topological polar surface area (TPSA) is 49.3 Å². The molecular weight excluding hydrogens is 379 g/mol. The average molecular weight is 389 g/mol. The molecule has 3 nitrogen and oxygen atoms in total. The number of carbonyl (C=O) groups is 1. The van der Waals surface area contributed by atoms with E-state index in [1.54, 1.807) is 6.07 Å². The summed E-state index contributed by atoms with van der Waals surface area (Å²) in [5, 5.41) is 11.8. The number of nitrogens with one attached hydrogen (secondary N) is 1. The monoisotopic (exact) mass is 389 g/mol. The number of benzene rings is 2. The van der Waals surface area contributed by atoms with Crippen molar-refractivity contribution in [2.45, 2.75) is 6.54 Å². The van der Waals surface area contributed by atoms with Gasteiger partial charge >= 0.3 is 5.97 Å². The van der Waals surface area contributed by atoms with Crippen LogP contribution in [0.5, 0.6) is 0 Å². The molecule has 0 aliphatic carbocycles. The summed E-state index contributed by atoms with van der Waals surface area (Å²) in [6.45, 7) is 0.318. The van der Waals surface area contributed by atoms with Gasteiger partial charge in [0.15, 0.2) is 0 Å². The zero-order valence-corrected chi connectivity index (χ0v) is 12.3. The quantitative estimate of drug-likeness (QED) is 0.781. The summed E-state index contributed by atoms with van der Waals surface area (Å²) in [6, 6.07) is 8.25. The van der Waals surface area contributed by atoms with E-state index in [-0.39, 0.29) is 11.4 Å². The van der Waals surface area contributed by atoms with E-state index in [0.717, 1.165) is 5.69 Å². The number of rotatable bonds is 4. The van der Waals surface area contributed by atoms with Crippen LogP contribution in [-0.2, 0) is 6.54 Å². The van der Waals surface area contributed by atoms with Gasteiger partial charge in [0, 0.05) is 15.8 Å². The highest BCUT2D eigenvalue weighted by Gasteiger charge is 2.10. The molecule has 2 aromatic rings. The van der Waals surface area contributed by atoms with Crippen LogP contribution in [0.4, 0.5) is 14.5 Å². The lowest BCUT2D eigenvalue weighted by Crippen LogP contribution is -2.05. The van der Waals surface area contributed by atoms with Crippen LogP contribution in [-0.4, -0.2) is 11.1 Å². The highest BCUT2D eigenvalue weighted by atomic mass is 127. The molecule has 2 aromatic carbocycles. The van der Waals surface area contributed by atoms with Gasteiger partial charge in [-0.3, -0.25) is 0 Å². The molecule has 6 heteroatoms. The molecule has 0 bridgehead atoms. The van der Waals surface area contributed by atoms with E-state index in [4.69, 9.17) is 5.11 Å². The maximum Gasteiger partial charge on any atom is 0.338 e.